The van der Waals surface area contributed by atoms with Crippen LogP contribution in [-0.2, 0) is 0 Å². The molecule has 0 aliphatic rings. The molecule has 2 aromatic carbocycles. The Morgan fingerprint density at radius 2 is 1.58 bits per heavy atom. The molecule has 0 amide bonds. The zero-order valence-corrected chi connectivity index (χ0v) is 9.71. The van der Waals surface area contributed by atoms with E-state index >= 15 is 0 Å². The van der Waals surface area contributed by atoms with Gasteiger partial charge >= 0.3 is 0 Å². The number of nitrogens with one attached hydrogen (secondary N) is 1. The number of nitrogens with zero attached hydrogens (tertiary/aromatic N) is 1. The van der Waals surface area contributed by atoms with Gasteiger partial charge in [0.25, 0.3) is 0 Å². The van der Waals surface area contributed by atoms with Gasteiger partial charge < -0.3 is 15.3 Å². The summed E-state index contributed by atoms with van der Waals surface area (Å²) in [6, 6.07) is 7.74. The van der Waals surface area contributed by atoms with Gasteiger partial charge in [-0.15, -0.1) is 0 Å². The highest BCUT2D eigenvalue weighted by Crippen LogP contribution is 2.31. The Balaban J connectivity index is 2.11. The summed E-state index contributed by atoms with van der Waals surface area (Å²) in [5.74, 6) is -1.35. The molecule has 19 heavy (non-hydrogen) atoms. The van der Waals surface area contributed by atoms with Crippen LogP contribution in [-0.4, -0.2) is 21.5 Å². The fourth-order valence-electron chi connectivity index (χ4n) is 1.39. The molecule has 0 radical (unpaired) electrons. The molecule has 4 N–H and O–H groups in total. The maximum absolute atomic E-state index is 12.7. The number of hydrogen-bond acceptors (Lipinski definition) is 5. The normalized spacial score (nSPS) is 10.8. The molecular formula is C13H11FN2O3. The second kappa shape index (κ2) is 5.26. The van der Waals surface area contributed by atoms with Crippen molar-refractivity contribution in [3.05, 3.63) is 47.8 Å². The molecule has 5 nitrogen and oxygen atoms in total. The van der Waals surface area contributed by atoms with E-state index in [-0.39, 0.29) is 22.9 Å². The van der Waals surface area contributed by atoms with Crippen LogP contribution < -0.4 is 5.43 Å². The first kappa shape index (κ1) is 12.7. The molecule has 0 aromatic heterocycles. The van der Waals surface area contributed by atoms with E-state index in [1.807, 2.05) is 0 Å². The van der Waals surface area contributed by atoms with Gasteiger partial charge in [0.2, 0.25) is 0 Å². The Morgan fingerprint density at radius 1 is 0.947 bits per heavy atom. The molecule has 6 heteroatoms. The van der Waals surface area contributed by atoms with Crippen LogP contribution in [0.2, 0.25) is 0 Å². The van der Waals surface area contributed by atoms with Crippen molar-refractivity contribution < 1.29 is 19.7 Å². The van der Waals surface area contributed by atoms with Crippen LogP contribution in [0.15, 0.2) is 41.5 Å². The van der Waals surface area contributed by atoms with Crippen LogP contribution in [0.1, 0.15) is 5.56 Å². The second-order valence-electron chi connectivity index (χ2n) is 3.78. The molecule has 2 rings (SSSR count). The monoisotopic (exact) mass is 262 g/mol. The second-order valence-corrected chi connectivity index (χ2v) is 3.78. The van der Waals surface area contributed by atoms with Crippen molar-refractivity contribution in [2.75, 3.05) is 5.43 Å². The third kappa shape index (κ3) is 3.12. The number of rotatable bonds is 3. The molecule has 0 saturated carbocycles. The van der Waals surface area contributed by atoms with Crippen LogP contribution >= 0.6 is 0 Å². The van der Waals surface area contributed by atoms with Crippen LogP contribution in [0.4, 0.5) is 10.1 Å². The van der Waals surface area contributed by atoms with Crippen molar-refractivity contribution in [3.8, 4) is 17.2 Å². The predicted octanol–water partition coefficient (Wildman–Crippen LogP) is 2.39. The van der Waals surface area contributed by atoms with E-state index in [0.717, 1.165) is 6.07 Å². The SMILES string of the molecule is Oc1cc(O)c(/C=N/Nc2ccc(F)cc2)cc1O. The van der Waals surface area contributed by atoms with Crippen molar-refractivity contribution in [2.24, 2.45) is 5.10 Å². The third-order valence-electron chi connectivity index (χ3n) is 2.37. The molecule has 0 unspecified atom stereocenters. The minimum absolute atomic E-state index is 0.222. The maximum atomic E-state index is 12.7. The standard InChI is InChI=1S/C13H11FN2O3/c14-9-1-3-10(4-2-9)16-15-7-8-5-12(18)13(19)6-11(8)17/h1-7,16-19H/b15-7+. The van der Waals surface area contributed by atoms with Crippen molar-refractivity contribution in [2.45, 2.75) is 0 Å². The summed E-state index contributed by atoms with van der Waals surface area (Å²) in [4.78, 5) is 0. The Kier molecular flexibility index (Phi) is 3.51. The lowest BCUT2D eigenvalue weighted by Crippen LogP contribution is -1.91. The first-order valence-electron chi connectivity index (χ1n) is 5.36. The fourth-order valence-corrected chi connectivity index (χ4v) is 1.39. The lowest BCUT2D eigenvalue weighted by Gasteiger charge is -2.03. The zero-order valence-electron chi connectivity index (χ0n) is 9.71. The van der Waals surface area contributed by atoms with Gasteiger partial charge in [-0.3, -0.25) is 5.43 Å². The summed E-state index contributed by atoms with van der Waals surface area (Å²) in [6.45, 7) is 0. The van der Waals surface area contributed by atoms with Gasteiger partial charge in [0.1, 0.15) is 11.6 Å². The van der Waals surface area contributed by atoms with Crippen molar-refractivity contribution in [1.29, 1.82) is 0 Å². The van der Waals surface area contributed by atoms with E-state index in [1.165, 1.54) is 36.5 Å². The largest absolute Gasteiger partial charge is 0.507 e. The van der Waals surface area contributed by atoms with E-state index in [9.17, 15) is 14.6 Å². The fraction of sp³-hybridized carbons (Fsp3) is 0. The molecular weight excluding hydrogens is 251 g/mol. The molecule has 2 aromatic rings. The minimum Gasteiger partial charge on any atom is -0.507 e. The van der Waals surface area contributed by atoms with Gasteiger partial charge in [-0.25, -0.2) is 4.39 Å². The van der Waals surface area contributed by atoms with Gasteiger partial charge in [-0.2, -0.15) is 5.10 Å². The molecule has 0 aliphatic carbocycles. The highest BCUT2D eigenvalue weighted by atomic mass is 19.1. The Hall–Kier alpha value is -2.76. The highest BCUT2D eigenvalue weighted by Gasteiger charge is 2.05. The van der Waals surface area contributed by atoms with Crippen molar-refractivity contribution >= 4 is 11.9 Å². The van der Waals surface area contributed by atoms with Crippen molar-refractivity contribution in [1.82, 2.24) is 0 Å². The summed E-state index contributed by atoms with van der Waals surface area (Å²) in [5.41, 5.74) is 3.43. The summed E-state index contributed by atoms with van der Waals surface area (Å²) in [6.07, 6.45) is 1.26. The number of aromatic hydroxyl groups is 3. The van der Waals surface area contributed by atoms with Gasteiger partial charge in [0.15, 0.2) is 11.5 Å². The lowest BCUT2D eigenvalue weighted by molar-refractivity contribution is 0.396. The number of halogens is 1. The van der Waals surface area contributed by atoms with E-state index in [4.69, 9.17) is 5.11 Å². The first-order valence-corrected chi connectivity index (χ1v) is 5.36. The van der Waals surface area contributed by atoms with E-state index in [1.54, 1.807) is 0 Å². The quantitative estimate of drug-likeness (QED) is 0.296. The van der Waals surface area contributed by atoms with Crippen LogP contribution in [0.25, 0.3) is 0 Å². The summed E-state index contributed by atoms with van der Waals surface area (Å²) in [7, 11) is 0. The number of phenols is 3. The average Bonchev–Trinajstić information content (AvgIpc) is 2.38. The van der Waals surface area contributed by atoms with Gasteiger partial charge in [-0.1, -0.05) is 0 Å². The van der Waals surface area contributed by atoms with E-state index in [0.29, 0.717) is 5.69 Å². The van der Waals surface area contributed by atoms with Crippen molar-refractivity contribution in [3.63, 3.8) is 0 Å². The molecule has 0 aliphatic heterocycles. The summed E-state index contributed by atoms with van der Waals surface area (Å²) in [5, 5.41) is 31.8. The highest BCUT2D eigenvalue weighted by molar-refractivity contribution is 5.85. The molecule has 0 bridgehead atoms. The Labute approximate surface area is 108 Å². The number of hydrazone groups is 1. The smallest absolute Gasteiger partial charge is 0.161 e. The molecule has 0 heterocycles. The van der Waals surface area contributed by atoms with E-state index in [2.05, 4.69) is 10.5 Å². The topological polar surface area (TPSA) is 85.1 Å². The minimum atomic E-state index is -0.416. The molecule has 0 fully saturated rings. The molecule has 98 valence electrons. The molecule has 0 atom stereocenters. The molecule has 0 saturated heterocycles. The van der Waals surface area contributed by atoms with Crippen LogP contribution in [0.5, 0.6) is 17.2 Å². The maximum Gasteiger partial charge on any atom is 0.161 e. The number of phenolic OH excluding ortho intramolecular Hbond substituents is 3. The van der Waals surface area contributed by atoms with Crippen LogP contribution in [0, 0.1) is 5.82 Å². The number of anilines is 1. The predicted molar refractivity (Wildman–Crippen MR) is 69.1 cm³/mol. The lowest BCUT2D eigenvalue weighted by atomic mass is 10.2. The summed E-state index contributed by atoms with van der Waals surface area (Å²) >= 11 is 0. The first-order chi connectivity index (χ1) is 9.06. The van der Waals surface area contributed by atoms with E-state index < -0.39 is 5.75 Å². The molecule has 0 spiro atoms. The average molecular weight is 262 g/mol. The zero-order chi connectivity index (χ0) is 13.8. The Morgan fingerprint density at radius 3 is 2.26 bits per heavy atom. The van der Waals surface area contributed by atoms with Gasteiger partial charge in [-0.05, 0) is 30.3 Å². The number of hydrogen-bond donors (Lipinski definition) is 4. The Bertz CT molecular complexity index is 612. The van der Waals surface area contributed by atoms with Gasteiger partial charge in [0, 0.05) is 11.6 Å². The van der Waals surface area contributed by atoms with Crippen LogP contribution in [0.3, 0.4) is 0 Å². The number of benzene rings is 2. The summed E-state index contributed by atoms with van der Waals surface area (Å²) < 4.78 is 12.7. The van der Waals surface area contributed by atoms with Gasteiger partial charge in [0.05, 0.1) is 11.9 Å². The third-order valence-corrected chi connectivity index (χ3v) is 2.37.